The number of carbonyl (C=O) groups excluding carboxylic acids is 2. The Kier molecular flexibility index (Phi) is 5.60. The van der Waals surface area contributed by atoms with Crippen LogP contribution in [0.2, 0.25) is 0 Å². The molecule has 0 bridgehead atoms. The normalized spacial score (nSPS) is 18.9. The first kappa shape index (κ1) is 22.1. The SMILES string of the molecule is CC(C)CCOc1ccc(C23c4ccccc4C(=O)N2CCN3C(=O)c2ccc(F)cc2)cc1. The van der Waals surface area contributed by atoms with Crippen LogP contribution in [0.1, 0.15) is 52.1 Å². The Labute approximate surface area is 198 Å². The van der Waals surface area contributed by atoms with Gasteiger partial charge in [0.25, 0.3) is 11.8 Å². The summed E-state index contributed by atoms with van der Waals surface area (Å²) < 4.78 is 19.4. The summed E-state index contributed by atoms with van der Waals surface area (Å²) in [6, 6.07) is 20.6. The topological polar surface area (TPSA) is 49.9 Å². The highest BCUT2D eigenvalue weighted by Crippen LogP contribution is 2.50. The van der Waals surface area contributed by atoms with Gasteiger partial charge in [-0.1, -0.05) is 44.2 Å². The fraction of sp³-hybridized carbons (Fsp3) is 0.286. The summed E-state index contributed by atoms with van der Waals surface area (Å²) in [5.41, 5.74) is 1.51. The third kappa shape index (κ3) is 3.45. The van der Waals surface area contributed by atoms with E-state index < -0.39 is 11.5 Å². The van der Waals surface area contributed by atoms with Gasteiger partial charge in [-0.15, -0.1) is 0 Å². The molecular weight excluding hydrogens is 431 g/mol. The number of fused-ring (bicyclic) bond motifs is 3. The molecule has 5 rings (SSSR count). The van der Waals surface area contributed by atoms with E-state index in [0.29, 0.717) is 36.7 Å². The first-order chi connectivity index (χ1) is 16.4. The van der Waals surface area contributed by atoms with Gasteiger partial charge in [0.05, 0.1) is 6.61 Å². The minimum absolute atomic E-state index is 0.0951. The highest BCUT2D eigenvalue weighted by molar-refractivity contribution is 6.03. The molecular formula is C28H27FN2O3. The molecule has 1 saturated heterocycles. The van der Waals surface area contributed by atoms with Crippen LogP contribution in [0, 0.1) is 11.7 Å². The van der Waals surface area contributed by atoms with Crippen LogP contribution in [0.5, 0.6) is 5.75 Å². The summed E-state index contributed by atoms with van der Waals surface area (Å²) in [4.78, 5) is 30.6. The summed E-state index contributed by atoms with van der Waals surface area (Å²) in [7, 11) is 0. The zero-order valence-electron chi connectivity index (χ0n) is 19.3. The highest BCUT2D eigenvalue weighted by atomic mass is 19.1. The van der Waals surface area contributed by atoms with Crippen LogP contribution in [0.15, 0.2) is 72.8 Å². The molecule has 2 aliphatic rings. The molecule has 2 aliphatic heterocycles. The molecule has 174 valence electrons. The van der Waals surface area contributed by atoms with Gasteiger partial charge in [-0.3, -0.25) is 9.59 Å². The van der Waals surface area contributed by atoms with Crippen LogP contribution in [0.3, 0.4) is 0 Å². The van der Waals surface area contributed by atoms with E-state index in [4.69, 9.17) is 4.74 Å². The van der Waals surface area contributed by atoms with Gasteiger partial charge in [-0.2, -0.15) is 0 Å². The third-order valence-electron chi connectivity index (χ3n) is 6.66. The molecule has 0 radical (unpaired) electrons. The number of hydrogen-bond acceptors (Lipinski definition) is 3. The Hall–Kier alpha value is -3.67. The molecule has 3 aromatic carbocycles. The summed E-state index contributed by atoms with van der Waals surface area (Å²) in [6.07, 6.45) is 0.960. The Morgan fingerprint density at radius 1 is 1.00 bits per heavy atom. The average Bonchev–Trinajstić information content (AvgIpc) is 3.35. The summed E-state index contributed by atoms with van der Waals surface area (Å²) in [5, 5.41) is 0. The lowest BCUT2D eigenvalue weighted by Crippen LogP contribution is -2.51. The van der Waals surface area contributed by atoms with E-state index in [-0.39, 0.29) is 11.8 Å². The number of ether oxygens (including phenoxy) is 1. The maximum atomic E-state index is 13.7. The van der Waals surface area contributed by atoms with E-state index in [0.717, 1.165) is 23.3 Å². The van der Waals surface area contributed by atoms with Crippen LogP contribution in [0.4, 0.5) is 4.39 Å². The molecule has 1 fully saturated rings. The Balaban J connectivity index is 1.59. The molecule has 0 aromatic heterocycles. The molecule has 0 spiro atoms. The molecule has 3 aromatic rings. The van der Waals surface area contributed by atoms with E-state index >= 15 is 0 Å². The summed E-state index contributed by atoms with van der Waals surface area (Å²) in [5.74, 6) is 0.562. The number of hydrogen-bond donors (Lipinski definition) is 0. The van der Waals surface area contributed by atoms with Crippen molar-refractivity contribution in [3.05, 3.63) is 101 Å². The minimum Gasteiger partial charge on any atom is -0.494 e. The fourth-order valence-corrected chi connectivity index (χ4v) is 4.99. The number of nitrogens with zero attached hydrogens (tertiary/aromatic N) is 2. The van der Waals surface area contributed by atoms with Crippen molar-refractivity contribution in [1.82, 2.24) is 9.80 Å². The van der Waals surface area contributed by atoms with E-state index in [1.54, 1.807) is 9.80 Å². The van der Waals surface area contributed by atoms with E-state index in [1.165, 1.54) is 24.3 Å². The number of benzene rings is 3. The predicted octanol–water partition coefficient (Wildman–Crippen LogP) is 5.06. The molecule has 1 atom stereocenters. The number of carbonyl (C=O) groups is 2. The first-order valence-corrected chi connectivity index (χ1v) is 11.6. The van der Waals surface area contributed by atoms with Gasteiger partial charge in [0.1, 0.15) is 11.6 Å². The first-order valence-electron chi connectivity index (χ1n) is 11.6. The van der Waals surface area contributed by atoms with Gasteiger partial charge in [-0.25, -0.2) is 4.39 Å². The van der Waals surface area contributed by atoms with Crippen LogP contribution in [-0.2, 0) is 5.66 Å². The number of halogens is 1. The highest BCUT2D eigenvalue weighted by Gasteiger charge is 2.59. The zero-order valence-corrected chi connectivity index (χ0v) is 19.3. The van der Waals surface area contributed by atoms with Gasteiger partial charge in [0, 0.05) is 35.3 Å². The van der Waals surface area contributed by atoms with Gasteiger partial charge in [0.2, 0.25) is 0 Å². The molecule has 1 unspecified atom stereocenters. The smallest absolute Gasteiger partial charge is 0.256 e. The Morgan fingerprint density at radius 3 is 2.41 bits per heavy atom. The van der Waals surface area contributed by atoms with Crippen molar-refractivity contribution >= 4 is 11.8 Å². The Morgan fingerprint density at radius 2 is 1.71 bits per heavy atom. The third-order valence-corrected chi connectivity index (χ3v) is 6.66. The van der Waals surface area contributed by atoms with Crippen LogP contribution in [-0.4, -0.2) is 41.3 Å². The minimum atomic E-state index is -1.06. The summed E-state index contributed by atoms with van der Waals surface area (Å²) in [6.45, 7) is 5.73. The zero-order chi connectivity index (χ0) is 23.9. The van der Waals surface area contributed by atoms with Crippen LogP contribution < -0.4 is 4.74 Å². The number of rotatable bonds is 6. The van der Waals surface area contributed by atoms with Gasteiger partial charge >= 0.3 is 0 Å². The average molecular weight is 459 g/mol. The molecule has 5 nitrogen and oxygen atoms in total. The van der Waals surface area contributed by atoms with E-state index in [2.05, 4.69) is 13.8 Å². The molecule has 6 heteroatoms. The van der Waals surface area contributed by atoms with Crippen molar-refractivity contribution in [3.63, 3.8) is 0 Å². The standard InChI is InChI=1S/C28H27FN2O3/c1-19(2)15-18-34-23-13-9-21(10-14-23)28-25-6-4-3-5-24(25)27(33)31(28)17-16-30(28)26(32)20-7-11-22(29)12-8-20/h3-14,19H,15-18H2,1-2H3. The molecule has 0 saturated carbocycles. The van der Waals surface area contributed by atoms with Crippen molar-refractivity contribution in [2.45, 2.75) is 25.9 Å². The quantitative estimate of drug-likeness (QED) is 0.519. The maximum Gasteiger partial charge on any atom is 0.256 e. The molecule has 2 amide bonds. The second kappa shape index (κ2) is 8.60. The molecule has 2 heterocycles. The molecule has 0 aliphatic carbocycles. The second-order valence-electron chi connectivity index (χ2n) is 9.19. The largest absolute Gasteiger partial charge is 0.494 e. The van der Waals surface area contributed by atoms with Crippen LogP contribution >= 0.6 is 0 Å². The fourth-order valence-electron chi connectivity index (χ4n) is 4.99. The molecule has 34 heavy (non-hydrogen) atoms. The van der Waals surface area contributed by atoms with E-state index in [9.17, 15) is 14.0 Å². The van der Waals surface area contributed by atoms with Crippen molar-refractivity contribution in [2.75, 3.05) is 19.7 Å². The van der Waals surface area contributed by atoms with Crippen molar-refractivity contribution < 1.29 is 18.7 Å². The predicted molar refractivity (Wildman–Crippen MR) is 127 cm³/mol. The second-order valence-corrected chi connectivity index (χ2v) is 9.19. The van der Waals surface area contributed by atoms with Gasteiger partial charge in [0.15, 0.2) is 5.66 Å². The van der Waals surface area contributed by atoms with Crippen molar-refractivity contribution in [2.24, 2.45) is 5.92 Å². The van der Waals surface area contributed by atoms with E-state index in [1.807, 2.05) is 48.5 Å². The maximum absolute atomic E-state index is 13.7. The number of amides is 2. The Bertz CT molecular complexity index is 1220. The lowest BCUT2D eigenvalue weighted by atomic mass is 9.89. The van der Waals surface area contributed by atoms with Gasteiger partial charge in [-0.05, 0) is 54.8 Å². The van der Waals surface area contributed by atoms with Crippen LogP contribution in [0.25, 0.3) is 0 Å². The van der Waals surface area contributed by atoms with Crippen molar-refractivity contribution in [3.8, 4) is 5.75 Å². The lowest BCUT2D eigenvalue weighted by Gasteiger charge is -2.40. The van der Waals surface area contributed by atoms with Crippen molar-refractivity contribution in [1.29, 1.82) is 0 Å². The molecule has 0 N–H and O–H groups in total. The lowest BCUT2D eigenvalue weighted by molar-refractivity contribution is 0.0375. The van der Waals surface area contributed by atoms with Gasteiger partial charge < -0.3 is 14.5 Å². The monoisotopic (exact) mass is 458 g/mol. The summed E-state index contributed by atoms with van der Waals surface area (Å²) >= 11 is 0.